The number of rotatable bonds is 4. The summed E-state index contributed by atoms with van der Waals surface area (Å²) in [6.07, 6.45) is 8.91. The van der Waals surface area contributed by atoms with Crippen molar-refractivity contribution in [1.29, 1.82) is 0 Å². The largest absolute Gasteiger partial charge is 0.261 e. The van der Waals surface area contributed by atoms with Gasteiger partial charge in [-0.25, -0.2) is 0 Å². The molecule has 2 heteroatoms. The third kappa shape index (κ3) is 3.07. The molecule has 0 amide bonds. The van der Waals surface area contributed by atoms with Crippen molar-refractivity contribution in [3.63, 3.8) is 0 Å². The average molecular weight is 282 g/mol. The predicted octanol–water partition coefficient (Wildman–Crippen LogP) is 4.53. The van der Waals surface area contributed by atoms with Crippen LogP contribution in [0.25, 0.3) is 0 Å². The van der Waals surface area contributed by atoms with E-state index in [0.717, 1.165) is 5.92 Å². The van der Waals surface area contributed by atoms with E-state index in [4.69, 9.17) is 0 Å². The van der Waals surface area contributed by atoms with E-state index in [0.29, 0.717) is 10.7 Å². The summed E-state index contributed by atoms with van der Waals surface area (Å²) >= 11 is 3.85. The van der Waals surface area contributed by atoms with Crippen LogP contribution in [0.4, 0.5) is 0 Å². The molecule has 2 rings (SSSR count). The Morgan fingerprint density at radius 3 is 2.75 bits per heavy atom. The second kappa shape index (κ2) is 5.81. The van der Waals surface area contributed by atoms with E-state index in [1.807, 2.05) is 12.3 Å². The number of hydrogen-bond donors (Lipinski definition) is 0. The summed E-state index contributed by atoms with van der Waals surface area (Å²) in [7, 11) is 0. The number of alkyl halides is 1. The molecule has 2 unspecified atom stereocenters. The molecular weight excluding hydrogens is 262 g/mol. The molecule has 88 valence electrons. The first-order chi connectivity index (χ1) is 7.77. The molecule has 1 aliphatic carbocycles. The molecule has 1 saturated carbocycles. The molecule has 0 aliphatic heterocycles. The molecule has 0 radical (unpaired) electrons. The van der Waals surface area contributed by atoms with Gasteiger partial charge in [0.25, 0.3) is 0 Å². The lowest BCUT2D eigenvalue weighted by atomic mass is 9.93. The lowest BCUT2D eigenvalue weighted by Crippen LogP contribution is -2.14. The first-order valence-electron chi connectivity index (χ1n) is 6.32. The highest BCUT2D eigenvalue weighted by molar-refractivity contribution is 9.09. The van der Waals surface area contributed by atoms with E-state index >= 15 is 0 Å². The Balaban J connectivity index is 1.91. The van der Waals surface area contributed by atoms with Gasteiger partial charge in [-0.1, -0.05) is 54.6 Å². The summed E-state index contributed by atoms with van der Waals surface area (Å²) in [5.74, 6) is 1.46. The fourth-order valence-corrected chi connectivity index (χ4v) is 3.40. The summed E-state index contributed by atoms with van der Waals surface area (Å²) in [5, 5.41) is 0. The standard InChI is InChI=1S/C14H20BrN/c1-11(14-8-4-5-9-16-14)13(15)10-12-6-2-3-7-12/h4-5,8-9,11-13H,2-3,6-7,10H2,1H3. The number of aromatic nitrogens is 1. The lowest BCUT2D eigenvalue weighted by Gasteiger charge is -2.20. The first-order valence-corrected chi connectivity index (χ1v) is 7.24. The van der Waals surface area contributed by atoms with Crippen LogP contribution < -0.4 is 0 Å². The SMILES string of the molecule is CC(c1ccccn1)C(Br)CC1CCCC1. The molecule has 1 aromatic rings. The minimum atomic E-state index is 0.516. The monoisotopic (exact) mass is 281 g/mol. The highest BCUT2D eigenvalue weighted by Crippen LogP contribution is 2.35. The van der Waals surface area contributed by atoms with Gasteiger partial charge >= 0.3 is 0 Å². The highest BCUT2D eigenvalue weighted by atomic mass is 79.9. The van der Waals surface area contributed by atoms with Crippen molar-refractivity contribution in [3.8, 4) is 0 Å². The quantitative estimate of drug-likeness (QED) is 0.739. The van der Waals surface area contributed by atoms with Crippen LogP contribution in [0.2, 0.25) is 0 Å². The normalized spacial score (nSPS) is 20.9. The average Bonchev–Trinajstić information content (AvgIpc) is 2.82. The predicted molar refractivity (Wildman–Crippen MR) is 71.9 cm³/mol. The second-order valence-electron chi connectivity index (χ2n) is 4.95. The smallest absolute Gasteiger partial charge is 0.0442 e. The molecule has 0 N–H and O–H groups in total. The van der Waals surface area contributed by atoms with E-state index in [9.17, 15) is 0 Å². The van der Waals surface area contributed by atoms with Crippen LogP contribution >= 0.6 is 15.9 Å². The van der Waals surface area contributed by atoms with Gasteiger partial charge in [-0.3, -0.25) is 4.98 Å². The van der Waals surface area contributed by atoms with Crippen molar-refractivity contribution in [3.05, 3.63) is 30.1 Å². The molecule has 0 aromatic carbocycles. The van der Waals surface area contributed by atoms with Gasteiger partial charge < -0.3 is 0 Å². The van der Waals surface area contributed by atoms with Crippen LogP contribution in [-0.2, 0) is 0 Å². The van der Waals surface area contributed by atoms with Gasteiger partial charge in [0.15, 0.2) is 0 Å². The lowest BCUT2D eigenvalue weighted by molar-refractivity contribution is 0.471. The number of halogens is 1. The Morgan fingerprint density at radius 2 is 2.12 bits per heavy atom. The Morgan fingerprint density at radius 1 is 1.38 bits per heavy atom. The maximum Gasteiger partial charge on any atom is 0.0442 e. The minimum absolute atomic E-state index is 0.516. The molecule has 1 aromatic heterocycles. The van der Waals surface area contributed by atoms with Crippen LogP contribution in [0.3, 0.4) is 0 Å². The zero-order chi connectivity index (χ0) is 11.4. The van der Waals surface area contributed by atoms with E-state index in [1.54, 1.807) is 0 Å². The molecule has 1 fully saturated rings. The molecule has 1 nitrogen and oxygen atoms in total. The van der Waals surface area contributed by atoms with Crippen molar-refractivity contribution in [2.75, 3.05) is 0 Å². The maximum atomic E-state index is 4.44. The maximum absolute atomic E-state index is 4.44. The fourth-order valence-electron chi connectivity index (χ4n) is 2.60. The summed E-state index contributed by atoms with van der Waals surface area (Å²) in [5.41, 5.74) is 1.21. The second-order valence-corrected chi connectivity index (χ2v) is 6.12. The van der Waals surface area contributed by atoms with Gasteiger partial charge in [0.05, 0.1) is 0 Å². The van der Waals surface area contributed by atoms with Gasteiger partial charge in [0.2, 0.25) is 0 Å². The minimum Gasteiger partial charge on any atom is -0.261 e. The first kappa shape index (κ1) is 12.1. The third-order valence-electron chi connectivity index (χ3n) is 3.73. The highest BCUT2D eigenvalue weighted by Gasteiger charge is 2.23. The topological polar surface area (TPSA) is 12.9 Å². The summed E-state index contributed by atoms with van der Waals surface area (Å²) in [6, 6.07) is 6.19. The van der Waals surface area contributed by atoms with Gasteiger partial charge in [-0.15, -0.1) is 0 Å². The Labute approximate surface area is 107 Å². The Hall–Kier alpha value is -0.370. The van der Waals surface area contributed by atoms with Crippen LogP contribution in [0, 0.1) is 5.92 Å². The molecule has 0 spiro atoms. The fraction of sp³-hybridized carbons (Fsp3) is 0.643. The number of nitrogens with zero attached hydrogens (tertiary/aromatic N) is 1. The Bertz CT molecular complexity index is 306. The third-order valence-corrected chi connectivity index (χ3v) is 4.90. The zero-order valence-electron chi connectivity index (χ0n) is 9.90. The zero-order valence-corrected chi connectivity index (χ0v) is 11.5. The van der Waals surface area contributed by atoms with E-state index < -0.39 is 0 Å². The van der Waals surface area contributed by atoms with Gasteiger partial charge in [-0.05, 0) is 24.5 Å². The van der Waals surface area contributed by atoms with Crippen molar-refractivity contribution in [1.82, 2.24) is 4.98 Å². The number of hydrogen-bond acceptors (Lipinski definition) is 1. The molecule has 0 saturated heterocycles. The molecule has 16 heavy (non-hydrogen) atoms. The van der Waals surface area contributed by atoms with E-state index in [1.165, 1.54) is 37.8 Å². The van der Waals surface area contributed by atoms with Crippen molar-refractivity contribution < 1.29 is 0 Å². The van der Waals surface area contributed by atoms with Crippen LogP contribution in [0.5, 0.6) is 0 Å². The van der Waals surface area contributed by atoms with E-state index in [-0.39, 0.29) is 0 Å². The van der Waals surface area contributed by atoms with Gasteiger partial charge in [-0.2, -0.15) is 0 Å². The van der Waals surface area contributed by atoms with Crippen LogP contribution in [-0.4, -0.2) is 9.81 Å². The van der Waals surface area contributed by atoms with Crippen LogP contribution in [0.15, 0.2) is 24.4 Å². The van der Waals surface area contributed by atoms with E-state index in [2.05, 4.69) is 40.0 Å². The van der Waals surface area contributed by atoms with Crippen molar-refractivity contribution >= 4 is 15.9 Å². The van der Waals surface area contributed by atoms with Crippen LogP contribution in [0.1, 0.15) is 50.6 Å². The van der Waals surface area contributed by atoms with Crippen molar-refractivity contribution in [2.45, 2.75) is 49.8 Å². The van der Waals surface area contributed by atoms with Gasteiger partial charge in [0, 0.05) is 22.6 Å². The summed E-state index contributed by atoms with van der Waals surface area (Å²) < 4.78 is 0. The Kier molecular flexibility index (Phi) is 4.39. The molecule has 1 heterocycles. The molecule has 0 bridgehead atoms. The molecular formula is C14H20BrN. The summed E-state index contributed by atoms with van der Waals surface area (Å²) in [6.45, 7) is 2.27. The summed E-state index contributed by atoms with van der Waals surface area (Å²) in [4.78, 5) is 5.02. The molecule has 2 atom stereocenters. The van der Waals surface area contributed by atoms with Crippen molar-refractivity contribution in [2.24, 2.45) is 5.92 Å². The van der Waals surface area contributed by atoms with Gasteiger partial charge in [0.1, 0.15) is 0 Å². The number of pyridine rings is 1. The molecule has 1 aliphatic rings.